The van der Waals surface area contributed by atoms with Gasteiger partial charge in [-0.05, 0) is 29.2 Å². The van der Waals surface area contributed by atoms with Crippen LogP contribution in [0.5, 0.6) is 0 Å². The molecule has 2 atom stereocenters. The first-order valence-corrected chi connectivity index (χ1v) is 6.54. The summed E-state index contributed by atoms with van der Waals surface area (Å²) in [4.78, 5) is 0. The molecule has 0 radical (unpaired) electrons. The van der Waals surface area contributed by atoms with Gasteiger partial charge in [0.05, 0.1) is 12.6 Å². The highest BCUT2D eigenvalue weighted by Crippen LogP contribution is 2.14. The van der Waals surface area contributed by atoms with Gasteiger partial charge in [-0.15, -0.1) is 5.10 Å². The Morgan fingerprint density at radius 3 is 2.61 bits per heavy atom. The third kappa shape index (κ3) is 4.34. The maximum absolute atomic E-state index is 5.01. The van der Waals surface area contributed by atoms with E-state index < -0.39 is 0 Å². The maximum Gasteiger partial charge on any atom is 0.167 e. The Bertz CT molecular complexity index is 339. The Labute approximate surface area is 109 Å². The largest absolute Gasteiger partial charge is 0.383 e. The van der Waals surface area contributed by atoms with Crippen molar-refractivity contribution in [2.75, 3.05) is 20.3 Å². The van der Waals surface area contributed by atoms with Gasteiger partial charge in [0.2, 0.25) is 0 Å². The SMILES string of the molecule is COCCNC(C)c1nnnn1CC(C)C(C)C. The van der Waals surface area contributed by atoms with Gasteiger partial charge in [0.25, 0.3) is 0 Å². The molecule has 2 unspecified atom stereocenters. The van der Waals surface area contributed by atoms with E-state index in [0.29, 0.717) is 18.4 Å². The molecular weight excluding hydrogens is 230 g/mol. The Morgan fingerprint density at radius 2 is 2.00 bits per heavy atom. The molecule has 1 aromatic rings. The summed E-state index contributed by atoms with van der Waals surface area (Å²) in [6.07, 6.45) is 0. The third-order valence-electron chi connectivity index (χ3n) is 3.30. The van der Waals surface area contributed by atoms with Crippen LogP contribution in [-0.2, 0) is 11.3 Å². The van der Waals surface area contributed by atoms with Gasteiger partial charge in [-0.1, -0.05) is 20.8 Å². The number of hydrogen-bond acceptors (Lipinski definition) is 5. The predicted octanol–water partition coefficient (Wildman–Crippen LogP) is 1.26. The molecule has 0 spiro atoms. The molecule has 104 valence electrons. The average Bonchev–Trinajstić information content (AvgIpc) is 2.77. The van der Waals surface area contributed by atoms with Gasteiger partial charge in [0.1, 0.15) is 0 Å². The molecule has 0 aromatic carbocycles. The molecule has 1 N–H and O–H groups in total. The first-order valence-electron chi connectivity index (χ1n) is 6.54. The van der Waals surface area contributed by atoms with E-state index >= 15 is 0 Å². The summed E-state index contributed by atoms with van der Waals surface area (Å²) < 4.78 is 6.91. The highest BCUT2D eigenvalue weighted by Gasteiger charge is 2.16. The Kier molecular flexibility index (Phi) is 6.21. The van der Waals surface area contributed by atoms with Crippen LogP contribution < -0.4 is 5.32 Å². The zero-order valence-electron chi connectivity index (χ0n) is 12.1. The zero-order chi connectivity index (χ0) is 13.5. The van der Waals surface area contributed by atoms with Gasteiger partial charge >= 0.3 is 0 Å². The summed E-state index contributed by atoms with van der Waals surface area (Å²) in [5.74, 6) is 2.07. The minimum Gasteiger partial charge on any atom is -0.383 e. The molecule has 1 aromatic heterocycles. The summed E-state index contributed by atoms with van der Waals surface area (Å²) >= 11 is 0. The van der Waals surface area contributed by atoms with Gasteiger partial charge in [-0.25, -0.2) is 4.68 Å². The molecule has 0 amide bonds. The summed E-state index contributed by atoms with van der Waals surface area (Å²) in [6.45, 7) is 11.1. The van der Waals surface area contributed by atoms with Gasteiger partial charge in [-0.3, -0.25) is 0 Å². The summed E-state index contributed by atoms with van der Waals surface area (Å²) in [5, 5.41) is 15.3. The van der Waals surface area contributed by atoms with Crippen molar-refractivity contribution in [1.29, 1.82) is 0 Å². The molecule has 6 heteroatoms. The van der Waals surface area contributed by atoms with E-state index in [9.17, 15) is 0 Å². The highest BCUT2D eigenvalue weighted by atomic mass is 16.5. The number of aromatic nitrogens is 4. The van der Waals surface area contributed by atoms with Crippen molar-refractivity contribution in [3.63, 3.8) is 0 Å². The molecule has 0 aliphatic heterocycles. The van der Waals surface area contributed by atoms with Crippen molar-refractivity contribution in [3.05, 3.63) is 5.82 Å². The standard InChI is InChI=1S/C12H25N5O/c1-9(2)10(3)8-17-12(14-15-16-17)11(4)13-6-7-18-5/h9-11,13H,6-8H2,1-5H3. The van der Waals surface area contributed by atoms with Gasteiger partial charge < -0.3 is 10.1 Å². The van der Waals surface area contributed by atoms with Crippen LogP contribution in [0.2, 0.25) is 0 Å². The van der Waals surface area contributed by atoms with Crippen molar-refractivity contribution in [1.82, 2.24) is 25.5 Å². The quantitative estimate of drug-likeness (QED) is 0.708. The van der Waals surface area contributed by atoms with Crippen molar-refractivity contribution in [2.45, 2.75) is 40.3 Å². The smallest absolute Gasteiger partial charge is 0.167 e. The minimum atomic E-state index is 0.134. The van der Waals surface area contributed by atoms with Gasteiger partial charge in [0, 0.05) is 20.2 Å². The lowest BCUT2D eigenvalue weighted by atomic mass is 9.98. The van der Waals surface area contributed by atoms with E-state index in [4.69, 9.17) is 4.74 Å². The van der Waals surface area contributed by atoms with Crippen molar-refractivity contribution < 1.29 is 4.74 Å². The second kappa shape index (κ2) is 7.43. The Balaban J connectivity index is 2.58. The summed E-state index contributed by atoms with van der Waals surface area (Å²) in [5.41, 5.74) is 0. The Hall–Kier alpha value is -1.01. The maximum atomic E-state index is 5.01. The summed E-state index contributed by atoms with van der Waals surface area (Å²) in [7, 11) is 1.70. The number of rotatable bonds is 8. The summed E-state index contributed by atoms with van der Waals surface area (Å²) in [6, 6.07) is 0.134. The third-order valence-corrected chi connectivity index (χ3v) is 3.30. The molecule has 1 heterocycles. The normalized spacial score (nSPS) is 15.0. The number of nitrogens with zero attached hydrogens (tertiary/aromatic N) is 4. The second-order valence-electron chi connectivity index (χ2n) is 5.11. The van der Waals surface area contributed by atoms with Gasteiger partial charge in [0.15, 0.2) is 5.82 Å². The van der Waals surface area contributed by atoms with Crippen molar-refractivity contribution in [2.24, 2.45) is 11.8 Å². The molecule has 0 aliphatic rings. The fraction of sp³-hybridized carbons (Fsp3) is 0.917. The fourth-order valence-corrected chi connectivity index (χ4v) is 1.60. The first-order chi connectivity index (χ1) is 8.56. The molecule has 0 saturated carbocycles. The van der Waals surface area contributed by atoms with E-state index in [1.165, 1.54) is 0 Å². The second-order valence-corrected chi connectivity index (χ2v) is 5.11. The molecule has 6 nitrogen and oxygen atoms in total. The molecule has 0 fully saturated rings. The van der Waals surface area contributed by atoms with Crippen LogP contribution in [0.4, 0.5) is 0 Å². The van der Waals surface area contributed by atoms with Crippen LogP contribution in [0.25, 0.3) is 0 Å². The van der Waals surface area contributed by atoms with Crippen molar-refractivity contribution in [3.8, 4) is 0 Å². The zero-order valence-corrected chi connectivity index (χ0v) is 12.1. The highest BCUT2D eigenvalue weighted by molar-refractivity contribution is 4.89. The lowest BCUT2D eigenvalue weighted by Crippen LogP contribution is -2.27. The molecule has 0 saturated heterocycles. The number of hydrogen-bond donors (Lipinski definition) is 1. The van der Waals surface area contributed by atoms with E-state index in [-0.39, 0.29) is 6.04 Å². The lowest BCUT2D eigenvalue weighted by Gasteiger charge is -2.18. The van der Waals surface area contributed by atoms with E-state index in [2.05, 4.69) is 48.5 Å². The average molecular weight is 255 g/mol. The van der Waals surface area contributed by atoms with Crippen LogP contribution in [0.15, 0.2) is 0 Å². The molecule has 0 aliphatic carbocycles. The topological polar surface area (TPSA) is 64.9 Å². The molecular formula is C12H25N5O. The number of tetrazole rings is 1. The Morgan fingerprint density at radius 1 is 1.28 bits per heavy atom. The lowest BCUT2D eigenvalue weighted by molar-refractivity contribution is 0.195. The number of nitrogens with one attached hydrogen (secondary N) is 1. The number of methoxy groups -OCH3 is 1. The van der Waals surface area contributed by atoms with Crippen LogP contribution in [0.1, 0.15) is 39.6 Å². The number of ether oxygens (including phenoxy) is 1. The van der Waals surface area contributed by atoms with Crippen LogP contribution in [0, 0.1) is 11.8 Å². The van der Waals surface area contributed by atoms with Crippen molar-refractivity contribution >= 4 is 0 Å². The first kappa shape index (κ1) is 15.0. The van der Waals surface area contributed by atoms with E-state index in [1.54, 1.807) is 7.11 Å². The predicted molar refractivity (Wildman–Crippen MR) is 70.1 cm³/mol. The molecule has 0 bridgehead atoms. The fourth-order valence-electron chi connectivity index (χ4n) is 1.60. The van der Waals surface area contributed by atoms with E-state index in [0.717, 1.165) is 18.9 Å². The van der Waals surface area contributed by atoms with Gasteiger partial charge in [-0.2, -0.15) is 0 Å². The molecule has 1 rings (SSSR count). The molecule has 18 heavy (non-hydrogen) atoms. The minimum absolute atomic E-state index is 0.134. The van der Waals surface area contributed by atoms with E-state index in [1.807, 2.05) is 4.68 Å². The van der Waals surface area contributed by atoms with Crippen LogP contribution in [0.3, 0.4) is 0 Å². The monoisotopic (exact) mass is 255 g/mol. The van der Waals surface area contributed by atoms with Crippen LogP contribution >= 0.6 is 0 Å². The van der Waals surface area contributed by atoms with Crippen LogP contribution in [-0.4, -0.2) is 40.5 Å².